The van der Waals surface area contributed by atoms with E-state index in [-0.39, 0.29) is 0 Å². The Bertz CT molecular complexity index is 229. The van der Waals surface area contributed by atoms with Crippen molar-refractivity contribution in [3.8, 4) is 0 Å². The number of hydrogen-bond donors (Lipinski definition) is 1. The molecule has 0 bridgehead atoms. The molecule has 0 spiro atoms. The summed E-state index contributed by atoms with van der Waals surface area (Å²) in [6, 6.07) is 1.47. The molecule has 18 heavy (non-hydrogen) atoms. The predicted molar refractivity (Wildman–Crippen MR) is 75.9 cm³/mol. The van der Waals surface area contributed by atoms with Gasteiger partial charge < -0.3 is 15.0 Å². The van der Waals surface area contributed by atoms with Crippen molar-refractivity contribution in [3.05, 3.63) is 0 Å². The van der Waals surface area contributed by atoms with Gasteiger partial charge in [0.05, 0.1) is 6.61 Å². The van der Waals surface area contributed by atoms with Crippen LogP contribution >= 0.6 is 0 Å². The van der Waals surface area contributed by atoms with Crippen LogP contribution in [-0.2, 0) is 4.74 Å². The van der Waals surface area contributed by atoms with Crippen molar-refractivity contribution < 1.29 is 4.74 Å². The van der Waals surface area contributed by atoms with Crippen LogP contribution in [0.4, 0.5) is 0 Å². The Hall–Kier alpha value is -0.120. The number of ether oxygens (including phenoxy) is 1. The molecule has 1 saturated carbocycles. The molecule has 2 rings (SSSR count). The average molecular weight is 254 g/mol. The van der Waals surface area contributed by atoms with Gasteiger partial charge in [0.2, 0.25) is 0 Å². The molecule has 0 aromatic heterocycles. The van der Waals surface area contributed by atoms with Crippen molar-refractivity contribution in [2.24, 2.45) is 5.92 Å². The first-order valence-electron chi connectivity index (χ1n) is 7.82. The van der Waals surface area contributed by atoms with Gasteiger partial charge in [-0.2, -0.15) is 0 Å². The fraction of sp³-hybridized carbons (Fsp3) is 1.00. The summed E-state index contributed by atoms with van der Waals surface area (Å²) in [5.74, 6) is 0.760. The first-order valence-corrected chi connectivity index (χ1v) is 7.82. The van der Waals surface area contributed by atoms with Gasteiger partial charge in [-0.1, -0.05) is 13.3 Å². The second kappa shape index (κ2) is 7.46. The number of hydrogen-bond acceptors (Lipinski definition) is 3. The summed E-state index contributed by atoms with van der Waals surface area (Å²) >= 11 is 0. The topological polar surface area (TPSA) is 24.5 Å². The van der Waals surface area contributed by atoms with E-state index in [9.17, 15) is 0 Å². The second-order valence-corrected chi connectivity index (χ2v) is 6.08. The van der Waals surface area contributed by atoms with Crippen LogP contribution in [0.15, 0.2) is 0 Å². The minimum atomic E-state index is 0.722. The average Bonchev–Trinajstić information content (AvgIpc) is 2.86. The zero-order valence-electron chi connectivity index (χ0n) is 12.2. The van der Waals surface area contributed by atoms with Crippen LogP contribution in [0.5, 0.6) is 0 Å². The van der Waals surface area contributed by atoms with Crippen molar-refractivity contribution >= 4 is 0 Å². The summed E-state index contributed by atoms with van der Waals surface area (Å²) in [5.41, 5.74) is 0. The van der Waals surface area contributed by atoms with Crippen LogP contribution in [0.3, 0.4) is 0 Å². The Kier molecular flexibility index (Phi) is 5.93. The van der Waals surface area contributed by atoms with Gasteiger partial charge in [-0.05, 0) is 51.6 Å². The molecule has 0 amide bonds. The highest BCUT2D eigenvalue weighted by Gasteiger charge is 2.31. The summed E-state index contributed by atoms with van der Waals surface area (Å²) < 4.78 is 5.60. The largest absolute Gasteiger partial charge is 0.381 e. The van der Waals surface area contributed by atoms with Gasteiger partial charge in [-0.3, -0.25) is 0 Å². The lowest BCUT2D eigenvalue weighted by Gasteiger charge is -2.34. The van der Waals surface area contributed by atoms with Crippen LogP contribution < -0.4 is 5.32 Å². The zero-order valence-corrected chi connectivity index (χ0v) is 12.2. The molecule has 3 unspecified atom stereocenters. The molecule has 2 aliphatic rings. The minimum absolute atomic E-state index is 0.722. The molecule has 1 N–H and O–H groups in total. The maximum atomic E-state index is 5.60. The molecule has 106 valence electrons. The fourth-order valence-corrected chi connectivity index (χ4v) is 3.53. The molecule has 3 atom stereocenters. The van der Waals surface area contributed by atoms with E-state index >= 15 is 0 Å². The number of likely N-dealkylation sites (N-methyl/N-ethyl adjacent to an activating group) is 1. The lowest BCUT2D eigenvalue weighted by molar-refractivity contribution is 0.0346. The first-order chi connectivity index (χ1) is 8.81. The Balaban J connectivity index is 1.77. The standard InChI is InChI=1S/C15H30N2O/c1-3-9-16-14-7-4-8-15(14)17(2)11-13-6-5-10-18-12-13/h13-16H,3-12H2,1-2H3. The van der Waals surface area contributed by atoms with E-state index in [1.165, 1.54) is 51.6 Å². The van der Waals surface area contributed by atoms with Gasteiger partial charge in [-0.25, -0.2) is 0 Å². The van der Waals surface area contributed by atoms with Crippen molar-refractivity contribution in [3.63, 3.8) is 0 Å². The SMILES string of the molecule is CCCNC1CCCC1N(C)CC1CCCOC1. The molecule has 1 heterocycles. The molecule has 0 radical (unpaired) electrons. The summed E-state index contributed by atoms with van der Waals surface area (Å²) in [4.78, 5) is 2.60. The minimum Gasteiger partial charge on any atom is -0.381 e. The third-order valence-electron chi connectivity index (χ3n) is 4.50. The smallest absolute Gasteiger partial charge is 0.0506 e. The Labute approximate surface area is 112 Å². The molecule has 3 nitrogen and oxygen atoms in total. The lowest BCUT2D eigenvalue weighted by Crippen LogP contribution is -2.47. The molecule has 1 aliphatic heterocycles. The third-order valence-corrected chi connectivity index (χ3v) is 4.50. The first kappa shape index (κ1) is 14.3. The van der Waals surface area contributed by atoms with Crippen LogP contribution in [0.1, 0.15) is 45.4 Å². The highest BCUT2D eigenvalue weighted by molar-refractivity contribution is 4.90. The van der Waals surface area contributed by atoms with E-state index < -0.39 is 0 Å². The van der Waals surface area contributed by atoms with Crippen LogP contribution in [-0.4, -0.2) is 50.3 Å². The number of nitrogens with zero attached hydrogens (tertiary/aromatic N) is 1. The molecule has 0 aromatic carbocycles. The van der Waals surface area contributed by atoms with Gasteiger partial charge in [-0.15, -0.1) is 0 Å². The van der Waals surface area contributed by atoms with Gasteiger partial charge >= 0.3 is 0 Å². The lowest BCUT2D eigenvalue weighted by atomic mass is 10.0. The number of rotatable bonds is 6. The fourth-order valence-electron chi connectivity index (χ4n) is 3.53. The van der Waals surface area contributed by atoms with Crippen LogP contribution in [0.2, 0.25) is 0 Å². The Morgan fingerprint density at radius 1 is 1.22 bits per heavy atom. The van der Waals surface area contributed by atoms with Crippen molar-refractivity contribution in [1.29, 1.82) is 0 Å². The van der Waals surface area contributed by atoms with Crippen LogP contribution in [0.25, 0.3) is 0 Å². The van der Waals surface area contributed by atoms with E-state index in [0.717, 1.165) is 31.2 Å². The molecule has 0 aromatic rings. The van der Waals surface area contributed by atoms with E-state index in [4.69, 9.17) is 4.74 Å². The van der Waals surface area contributed by atoms with Crippen molar-refractivity contribution in [1.82, 2.24) is 10.2 Å². The maximum Gasteiger partial charge on any atom is 0.0506 e. The molecular formula is C15H30N2O. The molecule has 3 heteroatoms. The summed E-state index contributed by atoms with van der Waals surface area (Å²) in [6.07, 6.45) is 7.95. The summed E-state index contributed by atoms with van der Waals surface area (Å²) in [7, 11) is 2.31. The predicted octanol–water partition coefficient (Wildman–Crippen LogP) is 2.27. The molecular weight excluding hydrogens is 224 g/mol. The molecule has 1 aliphatic carbocycles. The van der Waals surface area contributed by atoms with Gasteiger partial charge in [0.1, 0.15) is 0 Å². The Morgan fingerprint density at radius 3 is 2.83 bits per heavy atom. The van der Waals surface area contributed by atoms with Gasteiger partial charge in [0.25, 0.3) is 0 Å². The van der Waals surface area contributed by atoms with Gasteiger partial charge in [0, 0.05) is 25.2 Å². The summed E-state index contributed by atoms with van der Waals surface area (Å²) in [6.45, 7) is 6.59. The van der Waals surface area contributed by atoms with E-state index in [1.807, 2.05) is 0 Å². The highest BCUT2D eigenvalue weighted by Crippen LogP contribution is 2.25. The van der Waals surface area contributed by atoms with E-state index in [2.05, 4.69) is 24.2 Å². The quantitative estimate of drug-likeness (QED) is 0.787. The maximum absolute atomic E-state index is 5.60. The normalized spacial score (nSPS) is 33.2. The second-order valence-electron chi connectivity index (χ2n) is 6.08. The molecule has 1 saturated heterocycles. The highest BCUT2D eigenvalue weighted by atomic mass is 16.5. The van der Waals surface area contributed by atoms with Crippen molar-refractivity contribution in [2.45, 2.75) is 57.5 Å². The van der Waals surface area contributed by atoms with Crippen molar-refractivity contribution in [2.75, 3.05) is 33.4 Å². The monoisotopic (exact) mass is 254 g/mol. The summed E-state index contributed by atoms with van der Waals surface area (Å²) in [5, 5.41) is 3.73. The third kappa shape index (κ3) is 3.94. The van der Waals surface area contributed by atoms with Crippen LogP contribution in [0, 0.1) is 5.92 Å². The van der Waals surface area contributed by atoms with Gasteiger partial charge in [0.15, 0.2) is 0 Å². The Morgan fingerprint density at radius 2 is 2.11 bits per heavy atom. The van der Waals surface area contributed by atoms with E-state index in [0.29, 0.717) is 0 Å². The molecule has 2 fully saturated rings. The zero-order chi connectivity index (χ0) is 12.8. The van der Waals surface area contributed by atoms with E-state index in [1.54, 1.807) is 0 Å². The number of nitrogens with one attached hydrogen (secondary N) is 1.